The van der Waals surface area contributed by atoms with Crippen molar-refractivity contribution in [3.05, 3.63) is 23.3 Å². The highest BCUT2D eigenvalue weighted by molar-refractivity contribution is 5.85. The van der Waals surface area contributed by atoms with Crippen molar-refractivity contribution in [2.45, 2.75) is 19.3 Å². The zero-order chi connectivity index (χ0) is 13.9. The van der Waals surface area contributed by atoms with E-state index in [1.165, 1.54) is 27.2 Å². The summed E-state index contributed by atoms with van der Waals surface area (Å²) in [6.45, 7) is 3.10. The third-order valence-corrected chi connectivity index (χ3v) is 2.92. The standard InChI is InChI=1S/C13H15NO4/c1-8-5-10(17-3)11(18-4)6-9(8)13(2,7-14)12(15)16/h5-6H,1-4H3,(H,15,16). The Morgan fingerprint density at radius 3 is 2.22 bits per heavy atom. The molecule has 1 aromatic carbocycles. The number of aryl methyl sites for hydroxylation is 1. The van der Waals surface area contributed by atoms with Gasteiger partial charge in [0.05, 0.1) is 20.3 Å². The molecule has 18 heavy (non-hydrogen) atoms. The van der Waals surface area contributed by atoms with Gasteiger partial charge < -0.3 is 14.6 Å². The van der Waals surface area contributed by atoms with Crippen LogP contribution in [0.25, 0.3) is 0 Å². The molecule has 1 atom stereocenters. The number of hydrogen-bond acceptors (Lipinski definition) is 4. The highest BCUT2D eigenvalue weighted by Gasteiger charge is 2.37. The van der Waals surface area contributed by atoms with Crippen LogP contribution in [0.2, 0.25) is 0 Å². The van der Waals surface area contributed by atoms with Crippen LogP contribution >= 0.6 is 0 Å². The lowest BCUT2D eigenvalue weighted by Crippen LogP contribution is -2.31. The molecule has 0 aliphatic carbocycles. The molecule has 0 amide bonds. The quantitative estimate of drug-likeness (QED) is 0.881. The van der Waals surface area contributed by atoms with Gasteiger partial charge >= 0.3 is 5.97 Å². The summed E-state index contributed by atoms with van der Waals surface area (Å²) in [5.41, 5.74) is -0.543. The summed E-state index contributed by atoms with van der Waals surface area (Å²) in [5.74, 6) is -0.287. The zero-order valence-electron chi connectivity index (χ0n) is 10.8. The normalized spacial score (nSPS) is 13.3. The summed E-state index contributed by atoms with van der Waals surface area (Å²) in [6, 6.07) is 5.02. The molecule has 0 fully saturated rings. The van der Waals surface area contributed by atoms with Crippen molar-refractivity contribution in [3.63, 3.8) is 0 Å². The molecule has 1 aromatic rings. The molecule has 0 saturated carbocycles. The van der Waals surface area contributed by atoms with Crippen molar-refractivity contribution in [2.24, 2.45) is 0 Å². The highest BCUT2D eigenvalue weighted by Crippen LogP contribution is 2.36. The zero-order valence-corrected chi connectivity index (χ0v) is 10.8. The molecule has 0 radical (unpaired) electrons. The van der Waals surface area contributed by atoms with Gasteiger partial charge in [-0.1, -0.05) is 0 Å². The van der Waals surface area contributed by atoms with Crippen LogP contribution in [0.3, 0.4) is 0 Å². The van der Waals surface area contributed by atoms with Gasteiger partial charge in [0.25, 0.3) is 0 Å². The van der Waals surface area contributed by atoms with Crippen molar-refractivity contribution >= 4 is 5.97 Å². The number of rotatable bonds is 4. The number of aliphatic carboxylic acids is 1. The van der Waals surface area contributed by atoms with Crippen LogP contribution in [0.15, 0.2) is 12.1 Å². The monoisotopic (exact) mass is 249 g/mol. The molecule has 96 valence electrons. The molecule has 0 heterocycles. The van der Waals surface area contributed by atoms with Crippen LogP contribution in [-0.4, -0.2) is 25.3 Å². The molecule has 5 nitrogen and oxygen atoms in total. The molecule has 0 bridgehead atoms. The molecule has 5 heteroatoms. The molecule has 0 aliphatic heterocycles. The van der Waals surface area contributed by atoms with E-state index in [1.54, 1.807) is 13.0 Å². The minimum absolute atomic E-state index is 0.398. The van der Waals surface area contributed by atoms with E-state index in [4.69, 9.17) is 14.7 Å². The first kappa shape index (κ1) is 13.8. The van der Waals surface area contributed by atoms with Crippen LogP contribution in [0.4, 0.5) is 0 Å². The fourth-order valence-corrected chi connectivity index (χ4v) is 1.74. The van der Waals surface area contributed by atoms with Gasteiger partial charge in [-0.15, -0.1) is 0 Å². The Hall–Kier alpha value is -2.22. The lowest BCUT2D eigenvalue weighted by Gasteiger charge is -2.21. The summed E-state index contributed by atoms with van der Waals surface area (Å²) >= 11 is 0. The molecular formula is C13H15NO4. The first-order valence-corrected chi connectivity index (χ1v) is 5.28. The van der Waals surface area contributed by atoms with Crippen molar-refractivity contribution in [1.29, 1.82) is 5.26 Å². The fourth-order valence-electron chi connectivity index (χ4n) is 1.74. The van der Waals surface area contributed by atoms with Gasteiger partial charge in [-0.3, -0.25) is 4.79 Å². The number of carbonyl (C=O) groups is 1. The maximum Gasteiger partial charge on any atom is 0.328 e. The SMILES string of the molecule is COc1cc(C)c(C(C)(C#N)C(=O)O)cc1OC. The van der Waals surface area contributed by atoms with Gasteiger partial charge in [0, 0.05) is 0 Å². The number of benzene rings is 1. The van der Waals surface area contributed by atoms with Crippen molar-refractivity contribution in [1.82, 2.24) is 0 Å². The van der Waals surface area contributed by atoms with Crippen LogP contribution in [0, 0.1) is 18.3 Å². The molecule has 0 saturated heterocycles. The number of carboxylic acids is 1. The Morgan fingerprint density at radius 1 is 1.33 bits per heavy atom. The average Bonchev–Trinajstić information content (AvgIpc) is 2.37. The van der Waals surface area contributed by atoms with Crippen LogP contribution in [-0.2, 0) is 10.2 Å². The van der Waals surface area contributed by atoms with E-state index >= 15 is 0 Å². The van der Waals surface area contributed by atoms with E-state index in [-0.39, 0.29) is 0 Å². The predicted molar refractivity (Wildman–Crippen MR) is 64.9 cm³/mol. The Bertz CT molecular complexity index is 518. The molecule has 0 aliphatic rings. The number of nitriles is 1. The van der Waals surface area contributed by atoms with Gasteiger partial charge in [0.2, 0.25) is 0 Å². The predicted octanol–water partition coefficient (Wildman–Crippen LogP) is 1.88. The smallest absolute Gasteiger partial charge is 0.328 e. The van der Waals surface area contributed by atoms with E-state index in [0.717, 1.165) is 0 Å². The summed E-state index contributed by atoms with van der Waals surface area (Å²) in [6.07, 6.45) is 0. The number of ether oxygens (including phenoxy) is 2. The second-order valence-corrected chi connectivity index (χ2v) is 4.06. The summed E-state index contributed by atoms with van der Waals surface area (Å²) in [5, 5.41) is 18.3. The van der Waals surface area contributed by atoms with E-state index in [0.29, 0.717) is 22.6 Å². The second-order valence-electron chi connectivity index (χ2n) is 4.06. The van der Waals surface area contributed by atoms with Crippen LogP contribution < -0.4 is 9.47 Å². The van der Waals surface area contributed by atoms with Crippen molar-refractivity contribution in [2.75, 3.05) is 14.2 Å². The summed E-state index contributed by atoms with van der Waals surface area (Å²) in [4.78, 5) is 11.3. The Kier molecular flexibility index (Phi) is 3.82. The van der Waals surface area contributed by atoms with E-state index in [1.807, 2.05) is 6.07 Å². The minimum Gasteiger partial charge on any atom is -0.493 e. The van der Waals surface area contributed by atoms with E-state index < -0.39 is 11.4 Å². The molecule has 1 unspecified atom stereocenters. The first-order valence-electron chi connectivity index (χ1n) is 5.28. The molecule has 0 aromatic heterocycles. The van der Waals surface area contributed by atoms with E-state index in [9.17, 15) is 9.90 Å². The van der Waals surface area contributed by atoms with Gasteiger partial charge in [0.15, 0.2) is 16.9 Å². The highest BCUT2D eigenvalue weighted by atomic mass is 16.5. The number of carboxylic acid groups (broad SMARTS) is 1. The third-order valence-electron chi connectivity index (χ3n) is 2.92. The summed E-state index contributed by atoms with van der Waals surface area (Å²) in [7, 11) is 2.96. The maximum absolute atomic E-state index is 11.3. The van der Waals surface area contributed by atoms with Crippen molar-refractivity contribution in [3.8, 4) is 17.6 Å². The Balaban J connectivity index is 3.52. The topological polar surface area (TPSA) is 79.5 Å². The second kappa shape index (κ2) is 4.96. The van der Waals surface area contributed by atoms with Gasteiger partial charge in [-0.25, -0.2) is 0 Å². The minimum atomic E-state index is -1.61. The van der Waals surface area contributed by atoms with Gasteiger partial charge in [-0.05, 0) is 37.1 Å². The molecule has 0 spiro atoms. The maximum atomic E-state index is 11.3. The number of hydrogen-bond donors (Lipinski definition) is 1. The summed E-state index contributed by atoms with van der Waals surface area (Å²) < 4.78 is 10.2. The average molecular weight is 249 g/mol. The number of methoxy groups -OCH3 is 2. The Labute approximate surface area is 106 Å². The van der Waals surface area contributed by atoms with Gasteiger partial charge in [0.1, 0.15) is 0 Å². The van der Waals surface area contributed by atoms with Crippen molar-refractivity contribution < 1.29 is 19.4 Å². The molecule has 1 rings (SSSR count). The van der Waals surface area contributed by atoms with Crippen LogP contribution in [0.5, 0.6) is 11.5 Å². The first-order chi connectivity index (χ1) is 8.40. The Morgan fingerprint density at radius 2 is 1.83 bits per heavy atom. The molecule has 1 N–H and O–H groups in total. The molecular weight excluding hydrogens is 234 g/mol. The van der Waals surface area contributed by atoms with E-state index in [2.05, 4.69) is 0 Å². The van der Waals surface area contributed by atoms with Gasteiger partial charge in [-0.2, -0.15) is 5.26 Å². The third kappa shape index (κ3) is 2.09. The van der Waals surface area contributed by atoms with Crippen LogP contribution in [0.1, 0.15) is 18.1 Å². The lowest BCUT2D eigenvalue weighted by molar-refractivity contribution is -0.141. The largest absolute Gasteiger partial charge is 0.493 e. The number of nitrogens with zero attached hydrogens (tertiary/aromatic N) is 1. The fraction of sp³-hybridized carbons (Fsp3) is 0.385. The lowest BCUT2D eigenvalue weighted by atomic mass is 9.81.